The van der Waals surface area contributed by atoms with Gasteiger partial charge >= 0.3 is 5.97 Å². The average molecular weight is 318 g/mol. The smallest absolute Gasteiger partial charge is 0.314 e. The molecular weight excluding hydrogens is 292 g/mol. The lowest BCUT2D eigenvalue weighted by molar-refractivity contribution is -0.151. The summed E-state index contributed by atoms with van der Waals surface area (Å²) in [4.78, 5) is 13.1. The van der Waals surface area contributed by atoms with Gasteiger partial charge in [0.25, 0.3) is 0 Å². The summed E-state index contributed by atoms with van der Waals surface area (Å²) in [7, 11) is 0. The van der Waals surface area contributed by atoms with E-state index in [1.54, 1.807) is 11.8 Å². The summed E-state index contributed by atoms with van der Waals surface area (Å²) in [6.45, 7) is 8.38. The van der Waals surface area contributed by atoms with Crippen molar-refractivity contribution in [2.45, 2.75) is 46.3 Å². The Labute approximate surface area is 138 Å². The fourth-order valence-corrected chi connectivity index (χ4v) is 4.83. The van der Waals surface area contributed by atoms with Gasteiger partial charge in [-0.25, -0.2) is 0 Å². The molecule has 0 aliphatic heterocycles. The van der Waals surface area contributed by atoms with E-state index in [4.69, 9.17) is 0 Å². The van der Waals surface area contributed by atoms with E-state index < -0.39 is 11.4 Å². The van der Waals surface area contributed by atoms with Crippen molar-refractivity contribution in [3.63, 3.8) is 0 Å². The van der Waals surface area contributed by atoms with Gasteiger partial charge in [0.05, 0.1) is 5.41 Å². The van der Waals surface area contributed by atoms with Gasteiger partial charge in [0.2, 0.25) is 0 Å². The second-order valence-corrected chi connectivity index (χ2v) is 8.36. The molecule has 1 N–H and O–H groups in total. The molecular formula is C19H26O2S. The number of rotatable bonds is 4. The first kappa shape index (κ1) is 17.1. The van der Waals surface area contributed by atoms with Gasteiger partial charge in [-0.15, -0.1) is 11.8 Å². The molecule has 2 unspecified atom stereocenters. The predicted octanol–water partition coefficient (Wildman–Crippen LogP) is 5.35. The number of carboxylic acids is 1. The highest BCUT2D eigenvalue weighted by atomic mass is 32.2. The molecule has 2 nitrogen and oxygen atoms in total. The van der Waals surface area contributed by atoms with Crippen molar-refractivity contribution in [1.82, 2.24) is 0 Å². The number of aliphatic carboxylic acids is 1. The summed E-state index contributed by atoms with van der Waals surface area (Å²) in [6, 6.07) is 10.2. The van der Waals surface area contributed by atoms with Crippen LogP contribution in [0.5, 0.6) is 0 Å². The minimum atomic E-state index is -0.782. The van der Waals surface area contributed by atoms with Crippen molar-refractivity contribution >= 4 is 17.7 Å². The maximum atomic E-state index is 12.1. The van der Waals surface area contributed by atoms with Crippen molar-refractivity contribution in [2.75, 3.05) is 0 Å². The zero-order chi connectivity index (χ0) is 16.4. The molecule has 0 saturated carbocycles. The summed E-state index contributed by atoms with van der Waals surface area (Å²) in [6.07, 6.45) is 4.06. The molecule has 1 aromatic carbocycles. The Hall–Kier alpha value is -1.22. The van der Waals surface area contributed by atoms with E-state index in [1.165, 1.54) is 5.56 Å². The summed E-state index contributed by atoms with van der Waals surface area (Å²) in [5.74, 6) is 0.284. The Morgan fingerprint density at radius 3 is 2.50 bits per heavy atom. The molecule has 0 aromatic heterocycles. The number of carboxylic acid groups (broad SMARTS) is 1. The molecule has 1 aliphatic carbocycles. The first-order valence-corrected chi connectivity index (χ1v) is 8.85. The van der Waals surface area contributed by atoms with Crippen LogP contribution < -0.4 is 0 Å². The zero-order valence-electron chi connectivity index (χ0n) is 13.9. The van der Waals surface area contributed by atoms with Gasteiger partial charge in [-0.1, -0.05) is 57.2 Å². The van der Waals surface area contributed by atoms with Crippen molar-refractivity contribution < 1.29 is 9.90 Å². The Morgan fingerprint density at radius 2 is 1.95 bits per heavy atom. The quantitative estimate of drug-likeness (QED) is 0.813. The van der Waals surface area contributed by atoms with Crippen molar-refractivity contribution in [2.24, 2.45) is 16.7 Å². The standard InChI is InChI=1S/C19H26O2S/c1-18(2,3)15-11-8-12-16(19(15,4)17(20)21)22-13-14-9-6-5-7-10-14/h5-7,9-10,12,15H,8,11,13H2,1-4H3,(H,20,21). The lowest BCUT2D eigenvalue weighted by Crippen LogP contribution is -2.44. The van der Waals surface area contributed by atoms with Crippen LogP contribution in [0.25, 0.3) is 0 Å². The molecule has 120 valence electrons. The molecule has 2 rings (SSSR count). The van der Waals surface area contributed by atoms with Gasteiger partial charge in [-0.2, -0.15) is 0 Å². The van der Waals surface area contributed by atoms with Gasteiger partial charge in [0.15, 0.2) is 0 Å². The lowest BCUT2D eigenvalue weighted by atomic mass is 9.61. The molecule has 1 aromatic rings. The molecule has 1 aliphatic rings. The first-order chi connectivity index (χ1) is 10.3. The van der Waals surface area contributed by atoms with Crippen LogP contribution in [0.1, 0.15) is 46.1 Å². The fraction of sp³-hybridized carbons (Fsp3) is 0.526. The molecule has 22 heavy (non-hydrogen) atoms. The van der Waals surface area contributed by atoms with Crippen molar-refractivity contribution in [3.8, 4) is 0 Å². The van der Waals surface area contributed by atoms with Crippen LogP contribution in [0.4, 0.5) is 0 Å². The molecule has 0 spiro atoms. The van der Waals surface area contributed by atoms with E-state index in [0.29, 0.717) is 0 Å². The van der Waals surface area contributed by atoms with Crippen LogP contribution in [0.2, 0.25) is 0 Å². The minimum Gasteiger partial charge on any atom is -0.481 e. The Bertz CT molecular complexity index is 557. The zero-order valence-corrected chi connectivity index (χ0v) is 14.7. The van der Waals surface area contributed by atoms with Crippen LogP contribution in [-0.4, -0.2) is 11.1 Å². The van der Waals surface area contributed by atoms with Crippen LogP contribution in [0.3, 0.4) is 0 Å². The van der Waals surface area contributed by atoms with Gasteiger partial charge in [-0.05, 0) is 41.6 Å². The number of hydrogen-bond acceptors (Lipinski definition) is 2. The van der Waals surface area contributed by atoms with Crippen LogP contribution >= 0.6 is 11.8 Å². The molecule has 0 saturated heterocycles. The minimum absolute atomic E-state index is 0.0139. The highest BCUT2D eigenvalue weighted by Gasteiger charge is 2.50. The van der Waals surface area contributed by atoms with Crippen LogP contribution in [0, 0.1) is 16.7 Å². The Balaban J connectivity index is 2.25. The summed E-state index contributed by atoms with van der Waals surface area (Å²) >= 11 is 1.69. The first-order valence-electron chi connectivity index (χ1n) is 7.87. The Kier molecular flexibility index (Phi) is 5.06. The van der Waals surface area contributed by atoms with E-state index in [1.807, 2.05) is 25.1 Å². The Morgan fingerprint density at radius 1 is 1.32 bits per heavy atom. The van der Waals surface area contributed by atoms with E-state index in [-0.39, 0.29) is 11.3 Å². The third kappa shape index (κ3) is 3.40. The van der Waals surface area contributed by atoms with E-state index in [2.05, 4.69) is 39.0 Å². The number of allylic oxidation sites excluding steroid dienone is 1. The number of carbonyl (C=O) groups is 1. The molecule has 0 radical (unpaired) electrons. The number of benzene rings is 1. The van der Waals surface area contributed by atoms with E-state index >= 15 is 0 Å². The van der Waals surface area contributed by atoms with Gasteiger partial charge in [-0.3, -0.25) is 4.79 Å². The van der Waals surface area contributed by atoms with Gasteiger partial charge < -0.3 is 5.11 Å². The highest BCUT2D eigenvalue weighted by Crippen LogP contribution is 2.54. The molecule has 0 fully saturated rings. The highest BCUT2D eigenvalue weighted by molar-refractivity contribution is 8.02. The van der Waals surface area contributed by atoms with Gasteiger partial charge in [0.1, 0.15) is 0 Å². The van der Waals surface area contributed by atoms with E-state index in [0.717, 1.165) is 23.5 Å². The largest absolute Gasteiger partial charge is 0.481 e. The summed E-state index contributed by atoms with van der Waals surface area (Å²) in [5.41, 5.74) is 0.439. The molecule has 3 heteroatoms. The van der Waals surface area contributed by atoms with Crippen molar-refractivity contribution in [1.29, 1.82) is 0 Å². The monoisotopic (exact) mass is 318 g/mol. The molecule has 0 amide bonds. The predicted molar refractivity (Wildman–Crippen MR) is 93.7 cm³/mol. The number of thioether (sulfide) groups is 1. The number of hydrogen-bond donors (Lipinski definition) is 1. The maximum Gasteiger partial charge on any atom is 0.314 e. The fourth-order valence-electron chi connectivity index (χ4n) is 3.55. The van der Waals surface area contributed by atoms with Crippen LogP contribution in [0.15, 0.2) is 41.3 Å². The van der Waals surface area contributed by atoms with Gasteiger partial charge in [0, 0.05) is 5.75 Å². The molecule has 0 heterocycles. The summed E-state index contributed by atoms with van der Waals surface area (Å²) < 4.78 is 0. The SMILES string of the molecule is CC(C)(C)C1CCC=C(SCc2ccccc2)C1(C)C(=O)O. The molecule has 2 atom stereocenters. The van der Waals surface area contributed by atoms with Crippen LogP contribution in [-0.2, 0) is 10.5 Å². The maximum absolute atomic E-state index is 12.1. The second-order valence-electron chi connectivity index (χ2n) is 7.35. The van der Waals surface area contributed by atoms with E-state index in [9.17, 15) is 9.90 Å². The topological polar surface area (TPSA) is 37.3 Å². The molecule has 0 bridgehead atoms. The van der Waals surface area contributed by atoms with Crippen molar-refractivity contribution in [3.05, 3.63) is 46.9 Å². The normalized spacial score (nSPS) is 25.6. The average Bonchev–Trinajstić information content (AvgIpc) is 2.45. The lowest BCUT2D eigenvalue weighted by Gasteiger charge is -2.45. The third-order valence-electron chi connectivity index (χ3n) is 4.72. The second kappa shape index (κ2) is 6.49. The summed E-state index contributed by atoms with van der Waals surface area (Å²) in [5, 5.41) is 9.94. The third-order valence-corrected chi connectivity index (χ3v) is 6.10.